The molecule has 4 aromatic rings. The largest absolute Gasteiger partial charge is 0.240 e. The van der Waals surface area contributed by atoms with Crippen LogP contribution in [0, 0.1) is 6.92 Å². The van der Waals surface area contributed by atoms with E-state index in [0.29, 0.717) is 0 Å². The van der Waals surface area contributed by atoms with Crippen LogP contribution in [-0.4, -0.2) is 9.78 Å². The average Bonchev–Trinajstić information content (AvgIpc) is 3.10. The first kappa shape index (κ1) is 15.8. The Hall–Kier alpha value is -2.70. The van der Waals surface area contributed by atoms with Crippen LogP contribution in [0.4, 0.5) is 0 Å². The standard InChI is InChI=1S/C22H19N2P/c1-18-16-17-24(23-18)21-14-8-9-15-22(21)25(19-10-4-2-5-11-19)20-12-6-3-7-13-20/h2-17H,1H3. The Morgan fingerprint density at radius 2 is 1.24 bits per heavy atom. The first-order valence-corrected chi connectivity index (χ1v) is 9.69. The molecular formula is C22H19N2P. The Morgan fingerprint density at radius 3 is 1.80 bits per heavy atom. The van der Waals surface area contributed by atoms with Crippen molar-refractivity contribution in [1.29, 1.82) is 0 Å². The van der Waals surface area contributed by atoms with Gasteiger partial charge in [0.25, 0.3) is 0 Å². The number of benzene rings is 3. The van der Waals surface area contributed by atoms with Crippen molar-refractivity contribution in [3.63, 3.8) is 0 Å². The van der Waals surface area contributed by atoms with Gasteiger partial charge in [-0.2, -0.15) is 5.10 Å². The molecule has 0 spiro atoms. The van der Waals surface area contributed by atoms with Crippen molar-refractivity contribution in [3.05, 3.63) is 103 Å². The summed E-state index contributed by atoms with van der Waals surface area (Å²) in [6.07, 6.45) is 2.04. The third-order valence-electron chi connectivity index (χ3n) is 4.12. The highest BCUT2D eigenvalue weighted by Gasteiger charge is 2.20. The second-order valence-electron chi connectivity index (χ2n) is 5.90. The molecule has 1 aromatic heterocycles. The minimum Gasteiger partial charge on any atom is -0.240 e. The van der Waals surface area contributed by atoms with Gasteiger partial charge in [0.2, 0.25) is 0 Å². The smallest absolute Gasteiger partial charge is 0.0729 e. The van der Waals surface area contributed by atoms with Gasteiger partial charge in [0.15, 0.2) is 0 Å². The van der Waals surface area contributed by atoms with Crippen LogP contribution in [-0.2, 0) is 0 Å². The first-order chi connectivity index (χ1) is 12.3. The summed E-state index contributed by atoms with van der Waals surface area (Å²) < 4.78 is 1.99. The normalized spacial score (nSPS) is 11.0. The average molecular weight is 342 g/mol. The van der Waals surface area contributed by atoms with E-state index < -0.39 is 7.92 Å². The van der Waals surface area contributed by atoms with Crippen LogP contribution < -0.4 is 15.9 Å². The summed E-state index contributed by atoms with van der Waals surface area (Å²) in [5.41, 5.74) is 2.17. The highest BCUT2D eigenvalue weighted by atomic mass is 31.1. The quantitative estimate of drug-likeness (QED) is 0.514. The van der Waals surface area contributed by atoms with Crippen molar-refractivity contribution < 1.29 is 0 Å². The van der Waals surface area contributed by atoms with E-state index in [1.54, 1.807) is 0 Å². The van der Waals surface area contributed by atoms with Crippen LogP contribution in [0.15, 0.2) is 97.2 Å². The summed E-state index contributed by atoms with van der Waals surface area (Å²) in [6.45, 7) is 2.02. The predicted octanol–water partition coefficient (Wildman–Crippen LogP) is 3.94. The van der Waals surface area contributed by atoms with Gasteiger partial charge < -0.3 is 0 Å². The number of nitrogens with zero attached hydrogens (tertiary/aromatic N) is 2. The van der Waals surface area contributed by atoms with Gasteiger partial charge in [-0.1, -0.05) is 78.9 Å². The molecule has 1 heterocycles. The second kappa shape index (κ2) is 7.04. The lowest BCUT2D eigenvalue weighted by atomic mass is 10.3. The molecule has 0 amide bonds. The molecule has 0 aliphatic heterocycles. The fourth-order valence-corrected chi connectivity index (χ4v) is 5.41. The molecule has 0 unspecified atom stereocenters. The molecule has 25 heavy (non-hydrogen) atoms. The van der Waals surface area contributed by atoms with Crippen molar-refractivity contribution in [3.8, 4) is 5.69 Å². The molecule has 0 N–H and O–H groups in total. The fourth-order valence-electron chi connectivity index (χ4n) is 2.98. The highest BCUT2D eigenvalue weighted by Crippen LogP contribution is 2.34. The molecular weight excluding hydrogens is 323 g/mol. The Morgan fingerprint density at radius 1 is 0.680 bits per heavy atom. The molecule has 0 atom stereocenters. The first-order valence-electron chi connectivity index (χ1n) is 8.35. The number of para-hydroxylation sites is 1. The zero-order chi connectivity index (χ0) is 17.1. The maximum absolute atomic E-state index is 4.64. The fraction of sp³-hybridized carbons (Fsp3) is 0.0455. The van der Waals surface area contributed by atoms with Crippen LogP contribution in [0.1, 0.15) is 5.69 Å². The van der Waals surface area contributed by atoms with Crippen LogP contribution in [0.25, 0.3) is 5.69 Å². The molecule has 0 radical (unpaired) electrons. The van der Waals surface area contributed by atoms with E-state index >= 15 is 0 Å². The number of hydrogen-bond donors (Lipinski definition) is 0. The topological polar surface area (TPSA) is 17.8 Å². The van der Waals surface area contributed by atoms with Gasteiger partial charge in [-0.25, -0.2) is 4.68 Å². The van der Waals surface area contributed by atoms with E-state index in [1.807, 2.05) is 23.9 Å². The molecule has 122 valence electrons. The van der Waals surface area contributed by atoms with Gasteiger partial charge in [0.1, 0.15) is 0 Å². The number of aryl methyl sites for hydroxylation is 1. The van der Waals surface area contributed by atoms with E-state index in [0.717, 1.165) is 11.4 Å². The van der Waals surface area contributed by atoms with Gasteiger partial charge in [-0.15, -0.1) is 0 Å². The zero-order valence-electron chi connectivity index (χ0n) is 14.1. The molecule has 3 aromatic carbocycles. The van der Waals surface area contributed by atoms with Crippen LogP contribution in [0.2, 0.25) is 0 Å². The van der Waals surface area contributed by atoms with Gasteiger partial charge in [0.05, 0.1) is 11.4 Å². The zero-order valence-corrected chi connectivity index (χ0v) is 15.0. The molecule has 0 saturated carbocycles. The van der Waals surface area contributed by atoms with Crippen molar-refractivity contribution >= 4 is 23.8 Å². The van der Waals surface area contributed by atoms with Crippen LogP contribution >= 0.6 is 7.92 Å². The van der Waals surface area contributed by atoms with Crippen molar-refractivity contribution in [2.45, 2.75) is 6.92 Å². The Bertz CT molecular complexity index is 922. The lowest BCUT2D eigenvalue weighted by Crippen LogP contribution is -2.23. The lowest BCUT2D eigenvalue weighted by Gasteiger charge is -2.22. The third kappa shape index (κ3) is 3.26. The van der Waals surface area contributed by atoms with E-state index in [9.17, 15) is 0 Å². The summed E-state index contributed by atoms with van der Waals surface area (Å²) >= 11 is 0. The maximum Gasteiger partial charge on any atom is 0.0729 e. The molecule has 4 rings (SSSR count). The van der Waals surface area contributed by atoms with E-state index in [-0.39, 0.29) is 0 Å². The van der Waals surface area contributed by atoms with Gasteiger partial charge >= 0.3 is 0 Å². The maximum atomic E-state index is 4.64. The highest BCUT2D eigenvalue weighted by molar-refractivity contribution is 7.80. The molecule has 2 nitrogen and oxygen atoms in total. The summed E-state index contributed by atoms with van der Waals surface area (Å²) in [4.78, 5) is 0. The van der Waals surface area contributed by atoms with E-state index in [2.05, 4.69) is 90.0 Å². The number of rotatable bonds is 4. The second-order valence-corrected chi connectivity index (χ2v) is 8.08. The minimum absolute atomic E-state index is 0.642. The summed E-state index contributed by atoms with van der Waals surface area (Å²) in [6, 6.07) is 32.2. The minimum atomic E-state index is -0.642. The molecule has 0 aliphatic carbocycles. The molecule has 3 heteroatoms. The van der Waals surface area contributed by atoms with Crippen molar-refractivity contribution in [1.82, 2.24) is 9.78 Å². The van der Waals surface area contributed by atoms with E-state index in [4.69, 9.17) is 0 Å². The molecule has 0 saturated heterocycles. The van der Waals surface area contributed by atoms with Gasteiger partial charge in [0, 0.05) is 11.5 Å². The van der Waals surface area contributed by atoms with Crippen molar-refractivity contribution in [2.75, 3.05) is 0 Å². The monoisotopic (exact) mass is 342 g/mol. The third-order valence-corrected chi connectivity index (χ3v) is 6.61. The Kier molecular flexibility index (Phi) is 4.45. The summed E-state index contributed by atoms with van der Waals surface area (Å²) in [7, 11) is -0.642. The number of hydrogen-bond acceptors (Lipinski definition) is 1. The molecule has 0 fully saturated rings. The van der Waals surface area contributed by atoms with Crippen LogP contribution in [0.5, 0.6) is 0 Å². The van der Waals surface area contributed by atoms with Gasteiger partial charge in [-0.3, -0.25) is 0 Å². The Labute approximate surface area is 149 Å². The molecule has 0 aliphatic rings. The predicted molar refractivity (Wildman–Crippen MR) is 107 cm³/mol. The van der Waals surface area contributed by atoms with Crippen molar-refractivity contribution in [2.24, 2.45) is 0 Å². The number of aromatic nitrogens is 2. The van der Waals surface area contributed by atoms with Crippen LogP contribution in [0.3, 0.4) is 0 Å². The Balaban J connectivity index is 1.92. The lowest BCUT2D eigenvalue weighted by molar-refractivity contribution is 0.867. The summed E-state index contributed by atoms with van der Waals surface area (Å²) in [5, 5.41) is 8.65. The molecule has 0 bridgehead atoms. The summed E-state index contributed by atoms with van der Waals surface area (Å²) in [5.74, 6) is 0. The SMILES string of the molecule is Cc1ccn(-c2ccccc2P(c2ccccc2)c2ccccc2)n1. The van der Waals surface area contributed by atoms with E-state index in [1.165, 1.54) is 15.9 Å². The van der Waals surface area contributed by atoms with Gasteiger partial charge in [-0.05, 0) is 37.6 Å².